The van der Waals surface area contributed by atoms with Gasteiger partial charge in [-0.05, 0) is 48.2 Å². The maximum atomic E-state index is 13.2. The Morgan fingerprint density at radius 1 is 1.14 bits per heavy atom. The smallest absolute Gasteiger partial charge is 0.306 e. The van der Waals surface area contributed by atoms with Crippen LogP contribution in [0, 0.1) is 34.0 Å². The lowest BCUT2D eigenvalue weighted by atomic mass is 9.62. The summed E-state index contributed by atoms with van der Waals surface area (Å²) in [5.74, 6) is -1.06. The Morgan fingerprint density at radius 2 is 1.78 bits per heavy atom. The van der Waals surface area contributed by atoms with Gasteiger partial charge in [-0.1, -0.05) is 78.4 Å². The van der Waals surface area contributed by atoms with E-state index >= 15 is 0 Å². The molecule has 0 aliphatic heterocycles. The summed E-state index contributed by atoms with van der Waals surface area (Å²) in [6, 6.07) is 0. The van der Waals surface area contributed by atoms with Crippen molar-refractivity contribution in [1.82, 2.24) is 0 Å². The van der Waals surface area contributed by atoms with Crippen molar-refractivity contribution in [3.63, 3.8) is 0 Å². The Morgan fingerprint density at radius 3 is 2.43 bits per heavy atom. The fourth-order valence-corrected chi connectivity index (χ4v) is 9.49. The predicted molar refractivity (Wildman–Crippen MR) is 140 cm³/mol. The first-order valence-corrected chi connectivity index (χ1v) is 14.6. The van der Waals surface area contributed by atoms with E-state index in [9.17, 15) is 24.9 Å². The third-order valence-electron chi connectivity index (χ3n) is 11.4. The molecule has 8 atom stereocenters. The van der Waals surface area contributed by atoms with E-state index < -0.39 is 33.6 Å². The van der Waals surface area contributed by atoms with E-state index in [0.717, 1.165) is 19.3 Å². The van der Waals surface area contributed by atoms with Crippen molar-refractivity contribution < 1.29 is 29.6 Å². The van der Waals surface area contributed by atoms with Crippen LogP contribution in [-0.4, -0.2) is 51.0 Å². The van der Waals surface area contributed by atoms with Gasteiger partial charge < -0.3 is 20.1 Å². The van der Waals surface area contributed by atoms with Crippen LogP contribution >= 0.6 is 0 Å². The minimum absolute atomic E-state index is 0.107. The average molecular weight is 515 g/mol. The van der Waals surface area contributed by atoms with Crippen molar-refractivity contribution in [2.45, 2.75) is 116 Å². The summed E-state index contributed by atoms with van der Waals surface area (Å²) < 4.78 is 6.27. The SMILES string of the molecule is CCCCCCCCCC(=O)O[C@@]12[C@H](O)[C@@H](C)[C@]34C[C@]35C=C(C)C(=O)[C@@]5(O)CC(CO)=C[C@H]4[C@@H]1C2(C)C. The largest absolute Gasteiger partial charge is 0.455 e. The third kappa shape index (κ3) is 3.27. The molecular formula is C31H46O6. The molecule has 0 aromatic rings. The van der Waals surface area contributed by atoms with Crippen LogP contribution in [0.25, 0.3) is 0 Å². The Kier molecular flexibility index (Phi) is 6.41. The Hall–Kier alpha value is -1.50. The number of ketones is 1. The molecule has 37 heavy (non-hydrogen) atoms. The summed E-state index contributed by atoms with van der Waals surface area (Å²) in [6.07, 6.45) is 12.0. The molecule has 2 spiro atoms. The van der Waals surface area contributed by atoms with Gasteiger partial charge in [-0.25, -0.2) is 0 Å². The molecular weight excluding hydrogens is 468 g/mol. The molecule has 5 aliphatic carbocycles. The average Bonchev–Trinajstić information content (AvgIpc) is 3.65. The summed E-state index contributed by atoms with van der Waals surface area (Å²) in [4.78, 5) is 26.3. The first kappa shape index (κ1) is 27.1. The molecule has 6 nitrogen and oxygen atoms in total. The third-order valence-corrected chi connectivity index (χ3v) is 11.4. The zero-order chi connectivity index (χ0) is 27.0. The van der Waals surface area contributed by atoms with Crippen molar-refractivity contribution in [2.75, 3.05) is 6.61 Å². The number of ether oxygens (including phenoxy) is 1. The molecule has 0 unspecified atom stereocenters. The number of carbonyl (C=O) groups excluding carboxylic acids is 2. The van der Waals surface area contributed by atoms with Crippen molar-refractivity contribution >= 4 is 11.8 Å². The van der Waals surface area contributed by atoms with Gasteiger partial charge in [-0.2, -0.15) is 0 Å². The highest BCUT2D eigenvalue weighted by Crippen LogP contribution is 2.89. The van der Waals surface area contributed by atoms with Gasteiger partial charge in [0.05, 0.1) is 12.7 Å². The second-order valence-corrected chi connectivity index (χ2v) is 13.5. The van der Waals surface area contributed by atoms with Crippen LogP contribution in [-0.2, 0) is 14.3 Å². The number of unbranched alkanes of at least 4 members (excludes halogenated alkanes) is 6. The van der Waals surface area contributed by atoms with E-state index in [-0.39, 0.29) is 42.5 Å². The molecule has 3 saturated carbocycles. The van der Waals surface area contributed by atoms with Crippen LogP contribution < -0.4 is 0 Å². The minimum Gasteiger partial charge on any atom is -0.455 e. The molecule has 6 heteroatoms. The summed E-state index contributed by atoms with van der Waals surface area (Å²) in [7, 11) is 0. The molecule has 206 valence electrons. The number of hydrogen-bond donors (Lipinski definition) is 3. The highest BCUT2D eigenvalue weighted by atomic mass is 16.6. The van der Waals surface area contributed by atoms with Gasteiger partial charge in [0.1, 0.15) is 11.2 Å². The van der Waals surface area contributed by atoms with Gasteiger partial charge in [0, 0.05) is 29.6 Å². The molecule has 0 radical (unpaired) electrons. The Bertz CT molecular complexity index is 1040. The maximum absolute atomic E-state index is 13.2. The number of allylic oxidation sites excluding steroid dienone is 1. The van der Waals surface area contributed by atoms with E-state index in [1.165, 1.54) is 25.7 Å². The number of rotatable bonds is 10. The molecule has 3 N–H and O–H groups in total. The fourth-order valence-electron chi connectivity index (χ4n) is 9.49. The topological polar surface area (TPSA) is 104 Å². The number of hydrogen-bond acceptors (Lipinski definition) is 6. The molecule has 0 amide bonds. The molecule has 5 rings (SSSR count). The zero-order valence-corrected chi connectivity index (χ0v) is 23.3. The molecule has 0 saturated heterocycles. The second kappa shape index (κ2) is 8.76. The summed E-state index contributed by atoms with van der Waals surface area (Å²) in [5.41, 5.74) is -3.11. The lowest BCUT2D eigenvalue weighted by molar-refractivity contribution is -0.179. The monoisotopic (exact) mass is 514 g/mol. The number of aliphatic hydroxyl groups excluding tert-OH is 2. The van der Waals surface area contributed by atoms with Crippen LogP contribution in [0.2, 0.25) is 0 Å². The van der Waals surface area contributed by atoms with Crippen LogP contribution in [0.5, 0.6) is 0 Å². The molecule has 0 aromatic carbocycles. The van der Waals surface area contributed by atoms with Crippen LogP contribution in [0.15, 0.2) is 23.3 Å². The van der Waals surface area contributed by atoms with Gasteiger partial charge in [0.15, 0.2) is 5.78 Å². The lowest BCUT2D eigenvalue weighted by Gasteiger charge is -2.46. The number of fused-ring (bicyclic) bond motifs is 2. The van der Waals surface area contributed by atoms with Gasteiger partial charge in [0.25, 0.3) is 0 Å². The maximum Gasteiger partial charge on any atom is 0.306 e. The fraction of sp³-hybridized carbons (Fsp3) is 0.806. The quantitative estimate of drug-likeness (QED) is 0.223. The lowest BCUT2D eigenvalue weighted by Crippen LogP contribution is -2.55. The molecule has 0 bridgehead atoms. The van der Waals surface area contributed by atoms with E-state index in [1.807, 2.05) is 13.0 Å². The number of Topliss-reactive ketones (excluding diaryl/α,β-unsaturated/α-hetero) is 1. The minimum atomic E-state index is -1.60. The Balaban J connectivity index is 1.40. The summed E-state index contributed by atoms with van der Waals surface area (Å²) >= 11 is 0. The normalized spacial score (nSPS) is 44.5. The zero-order valence-electron chi connectivity index (χ0n) is 23.3. The van der Waals surface area contributed by atoms with Crippen molar-refractivity contribution in [3.05, 3.63) is 23.3 Å². The highest BCUT2D eigenvalue weighted by Gasteiger charge is 2.93. The van der Waals surface area contributed by atoms with Gasteiger partial charge >= 0.3 is 5.97 Å². The van der Waals surface area contributed by atoms with E-state index in [4.69, 9.17) is 4.74 Å². The standard InChI is InChI=1S/C31H46O6/c1-6-7-8-9-10-11-12-13-23(33)37-31-24(27(31,4)5)22-14-21(17-32)16-30(36)25(34)19(2)15-28(30)18-29(22,28)20(3)26(31)35/h14-15,20,22,24,26,32,35-36H,6-13,16-18H2,1-5H3/t20-,22+,24-,26-,28-,29+,30+,31-/m1/s1. The number of carbonyl (C=O) groups is 2. The summed E-state index contributed by atoms with van der Waals surface area (Å²) in [6.45, 7) is 9.85. The van der Waals surface area contributed by atoms with Crippen molar-refractivity contribution in [2.24, 2.45) is 34.0 Å². The van der Waals surface area contributed by atoms with E-state index in [2.05, 4.69) is 26.8 Å². The first-order chi connectivity index (χ1) is 17.4. The van der Waals surface area contributed by atoms with Gasteiger partial charge in [-0.15, -0.1) is 0 Å². The van der Waals surface area contributed by atoms with Gasteiger partial charge in [0.2, 0.25) is 0 Å². The van der Waals surface area contributed by atoms with E-state index in [1.54, 1.807) is 6.92 Å². The predicted octanol–water partition coefficient (Wildman–Crippen LogP) is 4.65. The van der Waals surface area contributed by atoms with Crippen molar-refractivity contribution in [3.8, 4) is 0 Å². The Labute approximate surface area is 221 Å². The first-order valence-electron chi connectivity index (χ1n) is 14.6. The van der Waals surface area contributed by atoms with Crippen LogP contribution in [0.1, 0.15) is 98.8 Å². The number of aliphatic hydroxyl groups is 3. The molecule has 5 aliphatic rings. The highest BCUT2D eigenvalue weighted by molar-refractivity contribution is 6.06. The van der Waals surface area contributed by atoms with Gasteiger partial charge in [-0.3, -0.25) is 9.59 Å². The van der Waals surface area contributed by atoms with Crippen LogP contribution in [0.4, 0.5) is 0 Å². The number of esters is 1. The molecule has 0 heterocycles. The summed E-state index contributed by atoms with van der Waals surface area (Å²) in [5, 5.41) is 33.9. The molecule has 0 aromatic heterocycles. The van der Waals surface area contributed by atoms with Crippen LogP contribution in [0.3, 0.4) is 0 Å². The van der Waals surface area contributed by atoms with Crippen molar-refractivity contribution in [1.29, 1.82) is 0 Å². The molecule has 3 fully saturated rings. The second-order valence-electron chi connectivity index (χ2n) is 13.5. The van der Waals surface area contributed by atoms with E-state index in [0.29, 0.717) is 24.0 Å².